The normalized spacial score (nSPS) is 19.5. The second kappa shape index (κ2) is 6.55. The molecule has 1 aliphatic rings. The number of Topliss-reactive ketones (excluding diaryl/α,β-unsaturated/α-hetero) is 1. The summed E-state index contributed by atoms with van der Waals surface area (Å²) < 4.78 is 5.51. The molecule has 1 saturated heterocycles. The van der Waals surface area contributed by atoms with Crippen LogP contribution in [0.25, 0.3) is 0 Å². The third-order valence-electron chi connectivity index (χ3n) is 3.33. The van der Waals surface area contributed by atoms with Gasteiger partial charge < -0.3 is 10.1 Å². The third-order valence-corrected chi connectivity index (χ3v) is 3.33. The number of rotatable bonds is 5. The van der Waals surface area contributed by atoms with Gasteiger partial charge in [-0.05, 0) is 38.4 Å². The second-order valence-corrected chi connectivity index (χ2v) is 4.70. The van der Waals surface area contributed by atoms with E-state index in [4.69, 9.17) is 4.74 Å². The highest BCUT2D eigenvalue weighted by Gasteiger charge is 2.19. The van der Waals surface area contributed by atoms with E-state index in [-0.39, 0.29) is 5.78 Å². The Balaban J connectivity index is 2.03. The van der Waals surface area contributed by atoms with Crippen LogP contribution in [0.15, 0.2) is 24.3 Å². The Bertz CT molecular complexity index is 397. The Morgan fingerprint density at radius 1 is 1.39 bits per heavy atom. The molecule has 3 heteroatoms. The van der Waals surface area contributed by atoms with Crippen LogP contribution in [0.2, 0.25) is 0 Å². The van der Waals surface area contributed by atoms with Crippen LogP contribution in [0.1, 0.15) is 43.0 Å². The number of benzene rings is 1. The summed E-state index contributed by atoms with van der Waals surface area (Å²) in [5.41, 5.74) is 0.715. The van der Waals surface area contributed by atoms with E-state index in [1.165, 1.54) is 12.8 Å². The molecule has 18 heavy (non-hydrogen) atoms. The summed E-state index contributed by atoms with van der Waals surface area (Å²) in [5, 5.41) is 3.41. The molecule has 2 rings (SSSR count). The van der Waals surface area contributed by atoms with Crippen LogP contribution in [-0.2, 0) is 0 Å². The van der Waals surface area contributed by atoms with Gasteiger partial charge in [0.05, 0.1) is 12.2 Å². The van der Waals surface area contributed by atoms with Crippen LogP contribution in [0.4, 0.5) is 0 Å². The molecule has 0 spiro atoms. The van der Waals surface area contributed by atoms with Crippen molar-refractivity contribution in [2.75, 3.05) is 13.2 Å². The zero-order valence-corrected chi connectivity index (χ0v) is 10.9. The number of ketones is 1. The van der Waals surface area contributed by atoms with Gasteiger partial charge in [0.15, 0.2) is 5.78 Å². The Morgan fingerprint density at radius 3 is 2.94 bits per heavy atom. The molecule has 0 saturated carbocycles. The zero-order valence-electron chi connectivity index (χ0n) is 10.9. The SMILES string of the molecule is CCOc1ccccc1C(=O)CC1CCCCN1. The number of piperidine rings is 1. The molecule has 1 aromatic rings. The second-order valence-electron chi connectivity index (χ2n) is 4.70. The Kier molecular flexibility index (Phi) is 4.76. The van der Waals surface area contributed by atoms with Crippen molar-refractivity contribution in [1.29, 1.82) is 0 Å². The molecule has 1 atom stereocenters. The minimum absolute atomic E-state index is 0.179. The largest absolute Gasteiger partial charge is 0.493 e. The van der Waals surface area contributed by atoms with Crippen molar-refractivity contribution in [2.24, 2.45) is 0 Å². The quantitative estimate of drug-likeness (QED) is 0.813. The van der Waals surface area contributed by atoms with Crippen LogP contribution in [-0.4, -0.2) is 25.0 Å². The van der Waals surface area contributed by atoms with Crippen molar-refractivity contribution in [3.63, 3.8) is 0 Å². The van der Waals surface area contributed by atoms with E-state index in [1.807, 2.05) is 31.2 Å². The lowest BCUT2D eigenvalue weighted by Gasteiger charge is -2.23. The molecule has 0 bridgehead atoms. The molecule has 1 aromatic carbocycles. The van der Waals surface area contributed by atoms with E-state index in [0.717, 1.165) is 13.0 Å². The van der Waals surface area contributed by atoms with Crippen molar-refractivity contribution in [3.8, 4) is 5.75 Å². The van der Waals surface area contributed by atoms with Crippen LogP contribution < -0.4 is 10.1 Å². The van der Waals surface area contributed by atoms with Gasteiger partial charge in [0.1, 0.15) is 5.75 Å². The maximum absolute atomic E-state index is 12.3. The Hall–Kier alpha value is -1.35. The lowest BCUT2D eigenvalue weighted by atomic mass is 9.96. The number of hydrogen-bond donors (Lipinski definition) is 1. The molecule has 0 aliphatic carbocycles. The topological polar surface area (TPSA) is 38.3 Å². The van der Waals surface area contributed by atoms with Gasteiger partial charge >= 0.3 is 0 Å². The number of nitrogens with one attached hydrogen (secondary N) is 1. The third kappa shape index (κ3) is 3.33. The fraction of sp³-hybridized carbons (Fsp3) is 0.533. The van der Waals surface area contributed by atoms with E-state index < -0.39 is 0 Å². The highest BCUT2D eigenvalue weighted by atomic mass is 16.5. The highest BCUT2D eigenvalue weighted by Crippen LogP contribution is 2.21. The number of hydrogen-bond acceptors (Lipinski definition) is 3. The molecular weight excluding hydrogens is 226 g/mol. The first-order chi connectivity index (χ1) is 8.81. The molecule has 1 aliphatic heterocycles. The number of carbonyl (C=O) groups excluding carboxylic acids is 1. The first-order valence-electron chi connectivity index (χ1n) is 6.79. The summed E-state index contributed by atoms with van der Waals surface area (Å²) in [7, 11) is 0. The first-order valence-corrected chi connectivity index (χ1v) is 6.79. The Morgan fingerprint density at radius 2 is 2.22 bits per heavy atom. The number of para-hydroxylation sites is 1. The summed E-state index contributed by atoms with van der Waals surface area (Å²) in [5.74, 6) is 0.888. The Labute approximate surface area is 109 Å². The molecule has 0 aromatic heterocycles. The molecule has 98 valence electrons. The zero-order chi connectivity index (χ0) is 12.8. The number of ether oxygens (including phenoxy) is 1. The predicted octanol–water partition coefficient (Wildman–Crippen LogP) is 2.80. The summed E-state index contributed by atoms with van der Waals surface area (Å²) >= 11 is 0. The summed E-state index contributed by atoms with van der Waals surface area (Å²) in [6.45, 7) is 3.56. The van der Waals surface area contributed by atoms with Crippen molar-refractivity contribution in [2.45, 2.75) is 38.6 Å². The van der Waals surface area contributed by atoms with Gasteiger partial charge in [-0.15, -0.1) is 0 Å². The first kappa shape index (κ1) is 13.1. The van der Waals surface area contributed by atoms with E-state index in [1.54, 1.807) is 0 Å². The molecule has 3 nitrogen and oxygen atoms in total. The molecule has 1 N–H and O–H groups in total. The van der Waals surface area contributed by atoms with Crippen LogP contribution in [0.3, 0.4) is 0 Å². The molecule has 1 unspecified atom stereocenters. The van der Waals surface area contributed by atoms with Crippen molar-refractivity contribution in [3.05, 3.63) is 29.8 Å². The average Bonchev–Trinajstić information content (AvgIpc) is 2.41. The maximum atomic E-state index is 12.3. The van der Waals surface area contributed by atoms with Crippen molar-refractivity contribution < 1.29 is 9.53 Å². The highest BCUT2D eigenvalue weighted by molar-refractivity contribution is 5.99. The number of carbonyl (C=O) groups is 1. The molecular formula is C15H21NO2. The summed E-state index contributed by atoms with van der Waals surface area (Å²) in [6, 6.07) is 7.85. The van der Waals surface area contributed by atoms with E-state index in [0.29, 0.717) is 30.4 Å². The standard InChI is InChI=1S/C15H21NO2/c1-2-18-15-9-4-3-8-13(15)14(17)11-12-7-5-6-10-16-12/h3-4,8-9,12,16H,2,5-7,10-11H2,1H3. The minimum atomic E-state index is 0.179. The van der Waals surface area contributed by atoms with Crippen molar-refractivity contribution in [1.82, 2.24) is 5.32 Å². The maximum Gasteiger partial charge on any atom is 0.168 e. The lowest BCUT2D eigenvalue weighted by molar-refractivity contribution is 0.0960. The van der Waals surface area contributed by atoms with E-state index >= 15 is 0 Å². The van der Waals surface area contributed by atoms with Gasteiger partial charge in [-0.1, -0.05) is 18.6 Å². The van der Waals surface area contributed by atoms with E-state index in [2.05, 4.69) is 5.32 Å². The fourth-order valence-corrected chi connectivity index (χ4v) is 2.41. The molecule has 1 heterocycles. The van der Waals surface area contributed by atoms with Crippen LogP contribution >= 0.6 is 0 Å². The molecule has 1 fully saturated rings. The van der Waals surface area contributed by atoms with Gasteiger partial charge in [0.2, 0.25) is 0 Å². The summed E-state index contributed by atoms with van der Waals surface area (Å²) in [6.07, 6.45) is 4.12. The van der Waals surface area contributed by atoms with Crippen molar-refractivity contribution >= 4 is 5.78 Å². The molecule has 0 amide bonds. The van der Waals surface area contributed by atoms with Gasteiger partial charge in [-0.3, -0.25) is 4.79 Å². The van der Waals surface area contributed by atoms with Gasteiger partial charge in [0, 0.05) is 12.5 Å². The van der Waals surface area contributed by atoms with Gasteiger partial charge in [-0.25, -0.2) is 0 Å². The fourth-order valence-electron chi connectivity index (χ4n) is 2.41. The van der Waals surface area contributed by atoms with E-state index in [9.17, 15) is 4.79 Å². The average molecular weight is 247 g/mol. The van der Waals surface area contributed by atoms with Gasteiger partial charge in [0.25, 0.3) is 0 Å². The van der Waals surface area contributed by atoms with Gasteiger partial charge in [-0.2, -0.15) is 0 Å². The monoisotopic (exact) mass is 247 g/mol. The minimum Gasteiger partial charge on any atom is -0.493 e. The van der Waals surface area contributed by atoms with Crippen LogP contribution in [0, 0.1) is 0 Å². The smallest absolute Gasteiger partial charge is 0.168 e. The summed E-state index contributed by atoms with van der Waals surface area (Å²) in [4.78, 5) is 12.3. The predicted molar refractivity (Wildman–Crippen MR) is 72.2 cm³/mol. The van der Waals surface area contributed by atoms with Crippen LogP contribution in [0.5, 0.6) is 5.75 Å². The lowest BCUT2D eigenvalue weighted by Crippen LogP contribution is -2.35. The molecule has 0 radical (unpaired) electrons.